The average Bonchev–Trinajstić information content (AvgIpc) is 3.09. The van der Waals surface area contributed by atoms with Crippen molar-refractivity contribution in [2.45, 2.75) is 38.5 Å². The number of ether oxygens (including phenoxy) is 1. The molecule has 0 aromatic heterocycles. The van der Waals surface area contributed by atoms with Crippen LogP contribution in [0.15, 0.2) is 52.6 Å². The van der Waals surface area contributed by atoms with Gasteiger partial charge < -0.3 is 14.9 Å². The molecule has 1 heterocycles. The van der Waals surface area contributed by atoms with Crippen molar-refractivity contribution in [3.05, 3.63) is 58.2 Å². The molecule has 1 aliphatic heterocycles. The largest absolute Gasteiger partial charge is 0.573 e. The van der Waals surface area contributed by atoms with Crippen molar-refractivity contribution in [2.24, 2.45) is 17.8 Å². The molecule has 0 saturated carbocycles. The summed E-state index contributed by atoms with van der Waals surface area (Å²) in [7, 11) is 0. The van der Waals surface area contributed by atoms with Crippen molar-refractivity contribution in [1.82, 2.24) is 4.90 Å². The van der Waals surface area contributed by atoms with Gasteiger partial charge in [0.15, 0.2) is 11.6 Å². The maximum absolute atomic E-state index is 13.4. The zero-order valence-corrected chi connectivity index (χ0v) is 20.4. The Morgan fingerprint density at radius 2 is 1.85 bits per heavy atom. The third-order valence-corrected chi connectivity index (χ3v) is 7.75. The van der Waals surface area contributed by atoms with E-state index in [9.17, 15) is 42.3 Å². The number of likely N-dealkylation sites (tertiary alicyclic amines) is 1. The molecule has 0 bridgehead atoms. The quantitative estimate of drug-likeness (QED) is 0.327. The fourth-order valence-corrected chi connectivity index (χ4v) is 6.19. The number of carboxylic acid groups (broad SMARTS) is 1. The lowest BCUT2D eigenvalue weighted by molar-refractivity contribution is -0.274. The normalized spacial score (nSPS) is 26.6. The Morgan fingerprint density at radius 3 is 2.51 bits per heavy atom. The van der Waals surface area contributed by atoms with Gasteiger partial charge in [0.1, 0.15) is 11.5 Å². The number of halogens is 3. The summed E-state index contributed by atoms with van der Waals surface area (Å²) in [5.41, 5.74) is 0.508. The molecule has 0 radical (unpaired) electrons. The first-order valence-electron chi connectivity index (χ1n) is 12.1. The van der Waals surface area contributed by atoms with Crippen LogP contribution in [0.25, 0.3) is 0 Å². The van der Waals surface area contributed by atoms with Gasteiger partial charge in [-0.25, -0.2) is 0 Å². The molecule has 2 N–H and O–H groups in total. The van der Waals surface area contributed by atoms with Crippen LogP contribution in [-0.4, -0.2) is 57.4 Å². The summed E-state index contributed by atoms with van der Waals surface area (Å²) in [5, 5.41) is 19.8. The number of benzene rings is 1. The lowest BCUT2D eigenvalue weighted by Gasteiger charge is -2.42. The predicted octanol–water partition coefficient (Wildman–Crippen LogP) is 3.20. The Morgan fingerprint density at radius 1 is 1.13 bits per heavy atom. The van der Waals surface area contributed by atoms with E-state index in [0.717, 1.165) is 29.2 Å². The number of carboxylic acids is 1. The molecular formula is C27H22F3NO8. The van der Waals surface area contributed by atoms with E-state index in [-0.39, 0.29) is 41.7 Å². The summed E-state index contributed by atoms with van der Waals surface area (Å²) in [6, 6.07) is 2.84. The molecule has 1 fully saturated rings. The second-order valence-electron chi connectivity index (χ2n) is 9.97. The number of ketones is 2. The third-order valence-electron chi connectivity index (χ3n) is 7.75. The smallest absolute Gasteiger partial charge is 0.508 e. The summed E-state index contributed by atoms with van der Waals surface area (Å²) in [6.07, 6.45) is -2.73. The number of Topliss-reactive ketones (excluding diaryl/α,β-unsaturated/α-hetero) is 1. The van der Waals surface area contributed by atoms with Gasteiger partial charge in [0.25, 0.3) is 0 Å². The highest BCUT2D eigenvalue weighted by molar-refractivity contribution is 6.23. The van der Waals surface area contributed by atoms with Crippen LogP contribution in [0.1, 0.15) is 37.7 Å². The number of hydrogen-bond acceptors (Lipinski definition) is 7. The summed E-state index contributed by atoms with van der Waals surface area (Å²) in [6.45, 7) is 1.12. The number of aliphatic carboxylic acids is 1. The standard InChI is InChI=1S/C27H22F3NO8/c1-11-8-19(33)23-17(24(11)36)10-15-13(21(23)16-9-12(2-5-18(16)32)39-27(28,29)30)3-4-14-22(15)26(38)31(25(14)37)7-6-20(34)35/h2-3,5,8-9,14-15,21-22,32H,4,6-7,10H2,1H3,(H,34,35)/t14-,15+,21+,22-/m0/s1. The Hall–Kier alpha value is -4.22. The fraction of sp³-hybridized carbons (Fsp3) is 0.370. The number of imide groups is 1. The molecule has 0 unspecified atom stereocenters. The highest BCUT2D eigenvalue weighted by Crippen LogP contribution is 2.56. The van der Waals surface area contributed by atoms with Crippen LogP contribution in [0.3, 0.4) is 0 Å². The number of aromatic hydroxyl groups is 1. The third kappa shape index (κ3) is 4.43. The average molecular weight is 545 g/mol. The van der Waals surface area contributed by atoms with Gasteiger partial charge in [-0.05, 0) is 50.0 Å². The number of hydrogen-bond donors (Lipinski definition) is 2. The Kier molecular flexibility index (Phi) is 6.23. The van der Waals surface area contributed by atoms with Crippen molar-refractivity contribution in [3.8, 4) is 11.5 Å². The van der Waals surface area contributed by atoms with Crippen LogP contribution in [0.2, 0.25) is 0 Å². The summed E-state index contributed by atoms with van der Waals surface area (Å²) in [4.78, 5) is 64.9. The van der Waals surface area contributed by atoms with Gasteiger partial charge in [0, 0.05) is 34.7 Å². The van der Waals surface area contributed by atoms with Gasteiger partial charge in [-0.3, -0.25) is 28.9 Å². The van der Waals surface area contributed by atoms with Crippen LogP contribution < -0.4 is 4.74 Å². The molecule has 3 aliphatic carbocycles. The highest BCUT2D eigenvalue weighted by atomic mass is 19.4. The number of phenolic OH excluding ortho intramolecular Hbond substituents is 1. The number of alkyl halides is 3. The minimum absolute atomic E-state index is 0.00878. The van der Waals surface area contributed by atoms with Crippen LogP contribution >= 0.6 is 0 Å². The molecule has 4 atom stereocenters. The molecular weight excluding hydrogens is 523 g/mol. The van der Waals surface area contributed by atoms with Crippen molar-refractivity contribution in [2.75, 3.05) is 6.54 Å². The van der Waals surface area contributed by atoms with Crippen LogP contribution in [0, 0.1) is 17.8 Å². The van der Waals surface area contributed by atoms with E-state index >= 15 is 0 Å². The summed E-state index contributed by atoms with van der Waals surface area (Å²) in [5.74, 6) is -8.20. The summed E-state index contributed by atoms with van der Waals surface area (Å²) >= 11 is 0. The predicted molar refractivity (Wildman–Crippen MR) is 125 cm³/mol. The van der Waals surface area contributed by atoms with Gasteiger partial charge >= 0.3 is 12.3 Å². The van der Waals surface area contributed by atoms with Gasteiger partial charge in [0.05, 0.1) is 18.3 Å². The Labute approximate surface area is 219 Å². The van der Waals surface area contributed by atoms with Crippen LogP contribution in [0.4, 0.5) is 13.2 Å². The van der Waals surface area contributed by atoms with Gasteiger partial charge in [-0.15, -0.1) is 13.2 Å². The number of phenols is 1. The van der Waals surface area contributed by atoms with E-state index in [4.69, 9.17) is 5.11 Å². The number of rotatable bonds is 5. The maximum atomic E-state index is 13.4. The summed E-state index contributed by atoms with van der Waals surface area (Å²) < 4.78 is 42.9. The SMILES string of the molecule is CC1=CC(=O)C2=C(C[C@@H]3C(=CC[C@@H]4C(=O)N(CCC(=O)O)C(=O)[C@@H]43)[C@@H]2c2cc(OC(F)(F)F)ccc2O)C1=O. The second kappa shape index (κ2) is 9.21. The number of allylic oxidation sites excluding steroid dienone is 6. The molecule has 9 nitrogen and oxygen atoms in total. The molecule has 39 heavy (non-hydrogen) atoms. The van der Waals surface area contributed by atoms with E-state index in [2.05, 4.69) is 4.74 Å². The molecule has 1 aromatic carbocycles. The number of amides is 2. The Balaban J connectivity index is 1.64. The van der Waals surface area contributed by atoms with E-state index in [1.54, 1.807) is 6.08 Å². The molecule has 5 rings (SSSR count). The van der Waals surface area contributed by atoms with E-state index < -0.39 is 77.3 Å². The lowest BCUT2D eigenvalue weighted by Crippen LogP contribution is -2.40. The molecule has 0 spiro atoms. The molecule has 12 heteroatoms. The van der Waals surface area contributed by atoms with Crippen molar-refractivity contribution in [3.63, 3.8) is 0 Å². The molecule has 1 aromatic rings. The monoisotopic (exact) mass is 545 g/mol. The number of carbonyl (C=O) groups excluding carboxylic acids is 4. The number of carbonyl (C=O) groups is 5. The van der Waals surface area contributed by atoms with Crippen LogP contribution in [0.5, 0.6) is 11.5 Å². The van der Waals surface area contributed by atoms with Gasteiger partial charge in [0.2, 0.25) is 11.8 Å². The number of fused-ring (bicyclic) bond motifs is 3. The van der Waals surface area contributed by atoms with Crippen LogP contribution in [-0.2, 0) is 24.0 Å². The number of nitrogens with zero attached hydrogens (tertiary/aromatic N) is 1. The van der Waals surface area contributed by atoms with E-state index in [1.807, 2.05) is 0 Å². The zero-order chi connectivity index (χ0) is 28.4. The van der Waals surface area contributed by atoms with Gasteiger partial charge in [-0.2, -0.15) is 0 Å². The zero-order valence-electron chi connectivity index (χ0n) is 20.4. The molecule has 2 amide bonds. The van der Waals surface area contributed by atoms with Crippen molar-refractivity contribution >= 4 is 29.4 Å². The topological polar surface area (TPSA) is 138 Å². The van der Waals surface area contributed by atoms with E-state index in [1.165, 1.54) is 6.92 Å². The first-order chi connectivity index (χ1) is 18.3. The molecule has 204 valence electrons. The first kappa shape index (κ1) is 26.4. The minimum atomic E-state index is -5.03. The van der Waals surface area contributed by atoms with Crippen molar-refractivity contribution < 1.29 is 52.1 Å². The minimum Gasteiger partial charge on any atom is -0.508 e. The second-order valence-corrected chi connectivity index (χ2v) is 9.97. The Bertz CT molecular complexity index is 1440. The van der Waals surface area contributed by atoms with Gasteiger partial charge in [-0.1, -0.05) is 11.6 Å². The maximum Gasteiger partial charge on any atom is 0.573 e. The lowest BCUT2D eigenvalue weighted by atomic mass is 9.59. The molecule has 4 aliphatic rings. The molecule has 1 saturated heterocycles. The first-order valence-corrected chi connectivity index (χ1v) is 12.1. The van der Waals surface area contributed by atoms with Crippen molar-refractivity contribution in [1.29, 1.82) is 0 Å². The van der Waals surface area contributed by atoms with E-state index in [0.29, 0.717) is 5.57 Å². The highest BCUT2D eigenvalue weighted by Gasteiger charge is 2.56. The fourth-order valence-electron chi connectivity index (χ4n) is 6.19.